The summed E-state index contributed by atoms with van der Waals surface area (Å²) in [5, 5.41) is 6.59. The van der Waals surface area contributed by atoms with Gasteiger partial charge in [0.05, 0.1) is 29.6 Å². The maximum atomic E-state index is 13.2. The number of methoxy groups -OCH3 is 1. The van der Waals surface area contributed by atoms with E-state index in [1.165, 1.54) is 13.2 Å². The van der Waals surface area contributed by atoms with Crippen LogP contribution in [0.2, 0.25) is 0 Å². The number of unbranched alkanes of at least 4 members (excludes halogenated alkanes) is 1. The lowest BCUT2D eigenvalue weighted by molar-refractivity contribution is 0.0463. The fraction of sp³-hybridized carbons (Fsp3) is 0.435. The SMILES string of the molecule is COC(=O)c1cc(C(=O)OCc2ccccc2)cc(CN2CCN[C@@H](CCCCNC(=O)OC(C)(C)C)CN(Cc3cc(C(=O)OCc4ccccc4)cc(C)n3)CC2)n1. The topological polar surface area (TPSA) is 162 Å². The third-order valence-electron chi connectivity index (χ3n) is 9.67. The van der Waals surface area contributed by atoms with Gasteiger partial charge in [0, 0.05) is 64.1 Å². The second-order valence-electron chi connectivity index (χ2n) is 15.9. The van der Waals surface area contributed by atoms with Crippen molar-refractivity contribution >= 4 is 24.0 Å². The van der Waals surface area contributed by atoms with Crippen LogP contribution in [0.5, 0.6) is 0 Å². The molecule has 2 N–H and O–H groups in total. The molecule has 0 saturated carbocycles. The van der Waals surface area contributed by atoms with E-state index < -0.39 is 29.6 Å². The van der Waals surface area contributed by atoms with Crippen molar-refractivity contribution in [3.05, 3.63) is 130 Å². The van der Waals surface area contributed by atoms with Crippen LogP contribution < -0.4 is 10.6 Å². The molecule has 2 aromatic heterocycles. The van der Waals surface area contributed by atoms with Gasteiger partial charge in [0.2, 0.25) is 0 Å². The molecule has 1 aliphatic rings. The lowest BCUT2D eigenvalue weighted by atomic mass is 10.1. The van der Waals surface area contributed by atoms with Crippen LogP contribution in [0.3, 0.4) is 0 Å². The minimum atomic E-state index is -0.649. The van der Waals surface area contributed by atoms with Gasteiger partial charge in [-0.25, -0.2) is 24.2 Å². The van der Waals surface area contributed by atoms with Crippen molar-refractivity contribution in [2.75, 3.05) is 46.4 Å². The Labute approximate surface area is 353 Å². The van der Waals surface area contributed by atoms with E-state index in [-0.39, 0.29) is 30.5 Å². The Hall–Kier alpha value is -5.70. The maximum absolute atomic E-state index is 13.2. The zero-order valence-electron chi connectivity index (χ0n) is 35.4. The van der Waals surface area contributed by atoms with Crippen molar-refractivity contribution in [1.82, 2.24) is 30.4 Å². The molecule has 5 rings (SSSR count). The molecule has 4 aromatic rings. The molecule has 1 saturated heterocycles. The van der Waals surface area contributed by atoms with Crippen molar-refractivity contribution in [2.24, 2.45) is 0 Å². The Morgan fingerprint density at radius 3 is 1.95 bits per heavy atom. The minimum absolute atomic E-state index is 0.0236. The van der Waals surface area contributed by atoms with Crippen LogP contribution in [0.25, 0.3) is 0 Å². The van der Waals surface area contributed by atoms with E-state index in [2.05, 4.69) is 25.4 Å². The van der Waals surface area contributed by atoms with Gasteiger partial charge in [0.15, 0.2) is 0 Å². The van der Waals surface area contributed by atoms with Crippen LogP contribution in [0.1, 0.15) is 99.4 Å². The molecule has 1 aliphatic heterocycles. The highest BCUT2D eigenvalue weighted by Gasteiger charge is 2.23. The molecule has 3 heterocycles. The monoisotopic (exact) mass is 822 g/mol. The number of aromatic nitrogens is 2. The van der Waals surface area contributed by atoms with Gasteiger partial charge in [0.25, 0.3) is 0 Å². The van der Waals surface area contributed by atoms with Gasteiger partial charge in [-0.15, -0.1) is 0 Å². The predicted molar refractivity (Wildman–Crippen MR) is 226 cm³/mol. The van der Waals surface area contributed by atoms with Gasteiger partial charge in [-0.2, -0.15) is 0 Å². The molecule has 14 nitrogen and oxygen atoms in total. The number of carbonyl (C=O) groups excluding carboxylic acids is 4. The van der Waals surface area contributed by atoms with Crippen LogP contribution in [0.15, 0.2) is 84.9 Å². The zero-order chi connectivity index (χ0) is 42.9. The third-order valence-corrected chi connectivity index (χ3v) is 9.67. The first-order chi connectivity index (χ1) is 28.8. The number of nitrogens with zero attached hydrogens (tertiary/aromatic N) is 4. The molecule has 1 amide bonds. The molecule has 0 spiro atoms. The summed E-state index contributed by atoms with van der Waals surface area (Å²) in [6.07, 6.45) is 2.10. The van der Waals surface area contributed by atoms with E-state index in [1.807, 2.05) is 88.4 Å². The molecule has 0 aliphatic carbocycles. The number of ether oxygens (including phenoxy) is 4. The number of esters is 3. The van der Waals surface area contributed by atoms with Gasteiger partial charge in [-0.1, -0.05) is 67.1 Å². The second kappa shape index (κ2) is 22.6. The molecule has 1 fully saturated rings. The highest BCUT2D eigenvalue weighted by molar-refractivity contribution is 5.94. The van der Waals surface area contributed by atoms with Crippen LogP contribution in [0, 0.1) is 6.92 Å². The van der Waals surface area contributed by atoms with Gasteiger partial charge in [0.1, 0.15) is 24.5 Å². The van der Waals surface area contributed by atoms with Gasteiger partial charge < -0.3 is 29.6 Å². The minimum Gasteiger partial charge on any atom is -0.464 e. The Balaban J connectivity index is 1.29. The summed E-state index contributed by atoms with van der Waals surface area (Å²) < 4.78 is 21.6. The Morgan fingerprint density at radius 2 is 1.33 bits per heavy atom. The number of aryl methyl sites for hydroxylation is 1. The number of amides is 1. The molecule has 14 heteroatoms. The summed E-state index contributed by atoms with van der Waals surface area (Å²) in [4.78, 5) is 65.2. The average Bonchev–Trinajstić information content (AvgIpc) is 3.31. The van der Waals surface area contributed by atoms with Gasteiger partial charge >= 0.3 is 24.0 Å². The number of nitrogens with one attached hydrogen (secondary N) is 2. The summed E-state index contributed by atoms with van der Waals surface area (Å²) >= 11 is 0. The number of pyridine rings is 2. The van der Waals surface area contributed by atoms with E-state index in [9.17, 15) is 19.2 Å². The van der Waals surface area contributed by atoms with E-state index >= 15 is 0 Å². The first kappa shape index (κ1) is 45.4. The smallest absolute Gasteiger partial charge is 0.407 e. The Bertz CT molecular complexity index is 2020. The summed E-state index contributed by atoms with van der Waals surface area (Å²) in [6, 6.07) is 25.7. The van der Waals surface area contributed by atoms with E-state index in [0.29, 0.717) is 69.3 Å². The fourth-order valence-electron chi connectivity index (χ4n) is 6.81. The van der Waals surface area contributed by atoms with Crippen molar-refractivity contribution < 1.29 is 38.1 Å². The summed E-state index contributed by atoms with van der Waals surface area (Å²) in [6.45, 7) is 12.4. The van der Waals surface area contributed by atoms with Crippen molar-refractivity contribution in [3.8, 4) is 0 Å². The van der Waals surface area contributed by atoms with E-state index in [0.717, 1.165) is 36.1 Å². The number of carbonyl (C=O) groups is 4. The van der Waals surface area contributed by atoms with Gasteiger partial charge in [-0.05, 0) is 75.9 Å². The zero-order valence-corrected chi connectivity index (χ0v) is 35.4. The molecule has 2 aromatic carbocycles. The Kier molecular flexibility index (Phi) is 17.1. The van der Waals surface area contributed by atoms with Crippen LogP contribution >= 0.6 is 0 Å². The first-order valence-corrected chi connectivity index (χ1v) is 20.5. The summed E-state index contributed by atoms with van der Waals surface area (Å²) in [7, 11) is 1.28. The number of rotatable bonds is 16. The Morgan fingerprint density at radius 1 is 0.750 bits per heavy atom. The van der Waals surface area contributed by atoms with E-state index in [1.54, 1.807) is 18.2 Å². The average molecular weight is 823 g/mol. The largest absolute Gasteiger partial charge is 0.464 e. The predicted octanol–water partition coefficient (Wildman–Crippen LogP) is 6.26. The van der Waals surface area contributed by atoms with Crippen molar-refractivity contribution in [3.63, 3.8) is 0 Å². The van der Waals surface area contributed by atoms with Crippen molar-refractivity contribution in [2.45, 2.75) is 84.9 Å². The van der Waals surface area contributed by atoms with Crippen LogP contribution in [-0.2, 0) is 45.3 Å². The molecule has 320 valence electrons. The molecule has 0 unspecified atom stereocenters. The second-order valence-corrected chi connectivity index (χ2v) is 15.9. The maximum Gasteiger partial charge on any atom is 0.407 e. The fourth-order valence-corrected chi connectivity index (χ4v) is 6.81. The molecule has 0 radical (unpaired) electrons. The lowest BCUT2D eigenvalue weighted by Gasteiger charge is -2.28. The number of alkyl carbamates (subject to hydrolysis) is 1. The van der Waals surface area contributed by atoms with Gasteiger partial charge in [-0.3, -0.25) is 14.8 Å². The summed E-state index contributed by atoms with van der Waals surface area (Å²) in [5.41, 5.74) is 3.87. The number of benzene rings is 2. The van der Waals surface area contributed by atoms with Crippen LogP contribution in [-0.4, -0.2) is 102 Å². The number of hydrogen-bond acceptors (Lipinski definition) is 13. The molecule has 60 heavy (non-hydrogen) atoms. The third kappa shape index (κ3) is 15.5. The first-order valence-electron chi connectivity index (χ1n) is 20.5. The quantitative estimate of drug-likeness (QED) is 0.0742. The van der Waals surface area contributed by atoms with Crippen LogP contribution in [0.4, 0.5) is 4.79 Å². The normalized spacial score (nSPS) is 15.2. The molecular weight excluding hydrogens is 765 g/mol. The van der Waals surface area contributed by atoms with Crippen molar-refractivity contribution in [1.29, 1.82) is 0 Å². The molecule has 1 atom stereocenters. The standard InChI is InChI=1S/C46H58N6O8/c1-33-24-36(42(53)58-31-34-14-8-6-9-15-34)25-39(49-33)30-52-23-22-51(21-20-47-38(28-52)18-12-13-19-48-45(56)60-46(2,3)4)29-40-26-37(27-41(50-40)44(55)57-5)43(54)59-32-35-16-10-7-11-17-35/h6-11,14-17,24-27,38,47H,12-13,18-23,28-32H2,1-5H3,(H,48,56)/t38-/m0/s1. The highest BCUT2D eigenvalue weighted by Crippen LogP contribution is 2.17. The highest BCUT2D eigenvalue weighted by atomic mass is 16.6. The number of hydrogen-bond donors (Lipinski definition) is 2. The van der Waals surface area contributed by atoms with E-state index in [4.69, 9.17) is 23.9 Å². The lowest BCUT2D eigenvalue weighted by Crippen LogP contribution is -2.41. The summed E-state index contributed by atoms with van der Waals surface area (Å²) in [5.74, 6) is -1.63. The molecule has 0 bridgehead atoms. The molecular formula is C46H58N6O8.